The van der Waals surface area contributed by atoms with Crippen molar-refractivity contribution in [3.05, 3.63) is 48.0 Å². The number of rotatable bonds is 8. The van der Waals surface area contributed by atoms with Crippen LogP contribution in [-0.4, -0.2) is 60.0 Å². The Labute approximate surface area is 191 Å². The predicted octanol–water partition coefficient (Wildman–Crippen LogP) is 3.65. The molecule has 7 heteroatoms. The van der Waals surface area contributed by atoms with Gasteiger partial charge in [0.1, 0.15) is 17.2 Å². The van der Waals surface area contributed by atoms with E-state index in [4.69, 9.17) is 14.2 Å². The number of hydrogen-bond donors (Lipinski definition) is 2. The number of methoxy groups -OCH3 is 3. The number of hydrogen-bond acceptors (Lipinski definition) is 5. The number of piperidine rings is 1. The van der Waals surface area contributed by atoms with Crippen molar-refractivity contribution in [3.8, 4) is 17.2 Å². The lowest BCUT2D eigenvalue weighted by Gasteiger charge is -2.35. The maximum Gasteiger partial charge on any atom is 0.191 e. The van der Waals surface area contributed by atoms with E-state index in [0.717, 1.165) is 61.4 Å². The van der Waals surface area contributed by atoms with Crippen LogP contribution in [0.1, 0.15) is 31.2 Å². The van der Waals surface area contributed by atoms with E-state index in [-0.39, 0.29) is 0 Å². The SMILES string of the molecule is CN=C(NCC(C)c1ccccc1OC)NC1CCN(c2cc(OC)cc(OC)c2)CC1. The Morgan fingerprint density at radius 1 is 1.03 bits per heavy atom. The molecule has 1 unspecified atom stereocenters. The fraction of sp³-hybridized carbons (Fsp3) is 0.480. The Morgan fingerprint density at radius 3 is 2.28 bits per heavy atom. The Balaban J connectivity index is 1.51. The maximum atomic E-state index is 5.50. The number of nitrogens with zero attached hydrogens (tertiary/aromatic N) is 2. The number of ether oxygens (including phenoxy) is 3. The number of nitrogens with one attached hydrogen (secondary N) is 2. The molecule has 3 rings (SSSR count). The van der Waals surface area contributed by atoms with Gasteiger partial charge in [-0.15, -0.1) is 0 Å². The van der Waals surface area contributed by atoms with Gasteiger partial charge in [-0.3, -0.25) is 4.99 Å². The first-order valence-corrected chi connectivity index (χ1v) is 11.2. The molecule has 0 aromatic heterocycles. The van der Waals surface area contributed by atoms with Crippen molar-refractivity contribution in [2.24, 2.45) is 4.99 Å². The lowest BCUT2D eigenvalue weighted by molar-refractivity contribution is 0.393. The summed E-state index contributed by atoms with van der Waals surface area (Å²) >= 11 is 0. The van der Waals surface area contributed by atoms with Crippen molar-refractivity contribution in [3.63, 3.8) is 0 Å². The van der Waals surface area contributed by atoms with E-state index in [1.807, 2.05) is 31.3 Å². The quantitative estimate of drug-likeness (QED) is 0.483. The van der Waals surface area contributed by atoms with E-state index in [2.05, 4.69) is 45.6 Å². The Bertz CT molecular complexity index is 872. The van der Waals surface area contributed by atoms with E-state index >= 15 is 0 Å². The van der Waals surface area contributed by atoms with Gasteiger partial charge in [-0.1, -0.05) is 25.1 Å². The molecule has 0 saturated carbocycles. The molecule has 0 amide bonds. The Morgan fingerprint density at radius 2 is 1.69 bits per heavy atom. The molecule has 7 nitrogen and oxygen atoms in total. The van der Waals surface area contributed by atoms with E-state index in [9.17, 15) is 0 Å². The van der Waals surface area contributed by atoms with Crippen LogP contribution in [0.5, 0.6) is 17.2 Å². The minimum Gasteiger partial charge on any atom is -0.497 e. The molecule has 1 heterocycles. The molecule has 1 fully saturated rings. The monoisotopic (exact) mass is 440 g/mol. The van der Waals surface area contributed by atoms with E-state index in [1.165, 1.54) is 5.56 Å². The van der Waals surface area contributed by atoms with Gasteiger partial charge >= 0.3 is 0 Å². The van der Waals surface area contributed by atoms with Crippen LogP contribution < -0.4 is 29.7 Å². The fourth-order valence-corrected chi connectivity index (χ4v) is 4.08. The second-order valence-electron chi connectivity index (χ2n) is 8.07. The molecule has 1 aliphatic rings. The smallest absolute Gasteiger partial charge is 0.191 e. The lowest BCUT2D eigenvalue weighted by Crippen LogP contribution is -2.49. The number of aliphatic imine (C=N–C) groups is 1. The van der Waals surface area contributed by atoms with Crippen LogP contribution in [0.15, 0.2) is 47.5 Å². The summed E-state index contributed by atoms with van der Waals surface area (Å²) in [5.74, 6) is 3.69. The van der Waals surface area contributed by atoms with Gasteiger partial charge in [-0.2, -0.15) is 0 Å². The highest BCUT2D eigenvalue weighted by Gasteiger charge is 2.21. The van der Waals surface area contributed by atoms with Crippen LogP contribution in [0.4, 0.5) is 5.69 Å². The molecule has 174 valence electrons. The van der Waals surface area contributed by atoms with Crippen LogP contribution in [-0.2, 0) is 0 Å². The summed E-state index contributed by atoms with van der Waals surface area (Å²) in [5, 5.41) is 7.07. The van der Waals surface area contributed by atoms with Crippen molar-refractivity contribution in [1.29, 1.82) is 0 Å². The number of anilines is 1. The maximum absolute atomic E-state index is 5.50. The van der Waals surface area contributed by atoms with Crippen molar-refractivity contribution in [2.75, 3.05) is 52.9 Å². The summed E-state index contributed by atoms with van der Waals surface area (Å²) in [6.07, 6.45) is 2.06. The van der Waals surface area contributed by atoms with Gasteiger partial charge in [0, 0.05) is 62.5 Å². The van der Waals surface area contributed by atoms with E-state index in [1.54, 1.807) is 21.3 Å². The lowest BCUT2D eigenvalue weighted by atomic mass is 10.00. The van der Waals surface area contributed by atoms with Gasteiger partial charge in [0.25, 0.3) is 0 Å². The average Bonchev–Trinajstić information content (AvgIpc) is 2.86. The summed E-state index contributed by atoms with van der Waals surface area (Å²) < 4.78 is 16.3. The Hall–Kier alpha value is -3.09. The zero-order valence-corrected chi connectivity index (χ0v) is 19.9. The molecule has 32 heavy (non-hydrogen) atoms. The molecule has 1 atom stereocenters. The number of benzene rings is 2. The summed E-state index contributed by atoms with van der Waals surface area (Å²) in [4.78, 5) is 6.81. The third-order valence-corrected chi connectivity index (χ3v) is 6.01. The van der Waals surface area contributed by atoms with Gasteiger partial charge < -0.3 is 29.7 Å². The molecule has 0 radical (unpaired) electrons. The average molecular weight is 441 g/mol. The topological polar surface area (TPSA) is 67.4 Å². The highest BCUT2D eigenvalue weighted by atomic mass is 16.5. The van der Waals surface area contributed by atoms with Crippen molar-refractivity contribution in [2.45, 2.75) is 31.7 Å². The normalized spacial score (nSPS) is 15.8. The second-order valence-corrected chi connectivity index (χ2v) is 8.07. The van der Waals surface area contributed by atoms with Crippen LogP contribution in [0.25, 0.3) is 0 Å². The molecule has 2 N–H and O–H groups in total. The molecule has 0 aliphatic carbocycles. The molecule has 1 aliphatic heterocycles. The van der Waals surface area contributed by atoms with Gasteiger partial charge in [0.2, 0.25) is 0 Å². The van der Waals surface area contributed by atoms with Crippen LogP contribution >= 0.6 is 0 Å². The van der Waals surface area contributed by atoms with Crippen LogP contribution in [0.3, 0.4) is 0 Å². The first kappa shape index (κ1) is 23.6. The molecule has 1 saturated heterocycles. The number of para-hydroxylation sites is 1. The highest BCUT2D eigenvalue weighted by molar-refractivity contribution is 5.80. The summed E-state index contributed by atoms with van der Waals surface area (Å²) in [5.41, 5.74) is 2.33. The standard InChI is InChI=1S/C25H36N4O3/c1-18(23-8-6-7-9-24(23)32-5)17-27-25(26-2)28-19-10-12-29(13-11-19)20-14-21(30-3)16-22(15-20)31-4/h6-9,14-16,18-19H,10-13,17H2,1-5H3,(H2,26,27,28). The summed E-state index contributed by atoms with van der Waals surface area (Å²) in [6.45, 7) is 4.90. The van der Waals surface area contributed by atoms with Gasteiger partial charge in [-0.25, -0.2) is 0 Å². The largest absolute Gasteiger partial charge is 0.497 e. The van der Waals surface area contributed by atoms with Crippen LogP contribution in [0.2, 0.25) is 0 Å². The van der Waals surface area contributed by atoms with Gasteiger partial charge in [-0.05, 0) is 24.5 Å². The summed E-state index contributed by atoms with van der Waals surface area (Å²) in [6, 6.07) is 14.6. The van der Waals surface area contributed by atoms with Crippen molar-refractivity contribution >= 4 is 11.6 Å². The number of guanidine groups is 1. The van der Waals surface area contributed by atoms with E-state index in [0.29, 0.717) is 12.0 Å². The summed E-state index contributed by atoms with van der Waals surface area (Å²) in [7, 11) is 6.90. The predicted molar refractivity (Wildman–Crippen MR) is 131 cm³/mol. The molecule has 2 aromatic carbocycles. The first-order valence-electron chi connectivity index (χ1n) is 11.2. The van der Waals surface area contributed by atoms with Gasteiger partial charge in [0.15, 0.2) is 5.96 Å². The Kier molecular flexibility index (Phi) is 8.48. The molecular weight excluding hydrogens is 404 g/mol. The van der Waals surface area contributed by atoms with Gasteiger partial charge in [0.05, 0.1) is 21.3 Å². The molecular formula is C25H36N4O3. The first-order chi connectivity index (χ1) is 15.6. The van der Waals surface area contributed by atoms with E-state index < -0.39 is 0 Å². The molecule has 2 aromatic rings. The van der Waals surface area contributed by atoms with Crippen molar-refractivity contribution < 1.29 is 14.2 Å². The van der Waals surface area contributed by atoms with Crippen molar-refractivity contribution in [1.82, 2.24) is 10.6 Å². The highest BCUT2D eigenvalue weighted by Crippen LogP contribution is 2.30. The zero-order chi connectivity index (χ0) is 22.9. The minimum atomic E-state index is 0.301. The molecule has 0 spiro atoms. The third kappa shape index (κ3) is 5.99. The van der Waals surface area contributed by atoms with Crippen LogP contribution in [0, 0.1) is 0 Å². The zero-order valence-electron chi connectivity index (χ0n) is 19.9. The molecule has 0 bridgehead atoms. The minimum absolute atomic E-state index is 0.301. The second kappa shape index (κ2) is 11.5. The third-order valence-electron chi connectivity index (χ3n) is 6.01. The fourth-order valence-electron chi connectivity index (χ4n) is 4.08.